The van der Waals surface area contributed by atoms with E-state index in [1.807, 2.05) is 25.1 Å². The minimum Gasteiger partial charge on any atom is -0.478 e. The van der Waals surface area contributed by atoms with Crippen LogP contribution >= 0.6 is 0 Å². The van der Waals surface area contributed by atoms with Crippen molar-refractivity contribution in [3.05, 3.63) is 53.7 Å². The molecule has 16 heavy (non-hydrogen) atoms. The number of hydrogen-bond acceptors (Lipinski definition) is 2. The van der Waals surface area contributed by atoms with Gasteiger partial charge in [0.1, 0.15) is 0 Å². The van der Waals surface area contributed by atoms with Crippen LogP contribution in [0.25, 0.3) is 11.3 Å². The zero-order chi connectivity index (χ0) is 11.5. The molecule has 2 rings (SSSR count). The molecular formula is C13H11NO2. The van der Waals surface area contributed by atoms with Crippen molar-refractivity contribution in [2.24, 2.45) is 0 Å². The number of carboxylic acids is 1. The van der Waals surface area contributed by atoms with Crippen molar-refractivity contribution < 1.29 is 9.90 Å². The van der Waals surface area contributed by atoms with E-state index in [0.717, 1.165) is 16.8 Å². The summed E-state index contributed by atoms with van der Waals surface area (Å²) in [5, 5.41) is 8.91. The number of aryl methyl sites for hydroxylation is 1. The molecule has 0 fully saturated rings. The Morgan fingerprint density at radius 2 is 2.06 bits per heavy atom. The number of hydrogen-bond donors (Lipinski definition) is 1. The topological polar surface area (TPSA) is 50.2 Å². The van der Waals surface area contributed by atoms with Crippen LogP contribution in [0.4, 0.5) is 0 Å². The summed E-state index contributed by atoms with van der Waals surface area (Å²) >= 11 is 0. The predicted molar refractivity (Wildman–Crippen MR) is 61.4 cm³/mol. The largest absolute Gasteiger partial charge is 0.478 e. The summed E-state index contributed by atoms with van der Waals surface area (Å²) in [6.45, 7) is 1.95. The maximum atomic E-state index is 10.8. The zero-order valence-corrected chi connectivity index (χ0v) is 8.84. The molecule has 0 unspecified atom stereocenters. The highest BCUT2D eigenvalue weighted by atomic mass is 16.4. The van der Waals surface area contributed by atoms with Crippen molar-refractivity contribution in [3.63, 3.8) is 0 Å². The van der Waals surface area contributed by atoms with Gasteiger partial charge in [0.15, 0.2) is 0 Å². The molecule has 0 aliphatic carbocycles. The number of aromatic nitrogens is 1. The highest BCUT2D eigenvalue weighted by Gasteiger charge is 2.06. The van der Waals surface area contributed by atoms with E-state index in [1.54, 1.807) is 24.4 Å². The van der Waals surface area contributed by atoms with Crippen LogP contribution in [0.5, 0.6) is 0 Å². The fourth-order valence-corrected chi connectivity index (χ4v) is 1.59. The van der Waals surface area contributed by atoms with Gasteiger partial charge in [-0.3, -0.25) is 4.98 Å². The molecule has 0 bridgehead atoms. The van der Waals surface area contributed by atoms with Crippen LogP contribution in [0.15, 0.2) is 42.6 Å². The molecule has 0 atom stereocenters. The monoisotopic (exact) mass is 213 g/mol. The highest BCUT2D eigenvalue weighted by molar-refractivity contribution is 5.89. The van der Waals surface area contributed by atoms with Gasteiger partial charge in [-0.1, -0.05) is 18.2 Å². The molecule has 0 aliphatic rings. The van der Waals surface area contributed by atoms with E-state index in [4.69, 9.17) is 5.11 Å². The number of pyridine rings is 1. The quantitative estimate of drug-likeness (QED) is 0.834. The normalized spacial score (nSPS) is 10.1. The van der Waals surface area contributed by atoms with Gasteiger partial charge in [-0.15, -0.1) is 0 Å². The lowest BCUT2D eigenvalue weighted by atomic mass is 10.0. The van der Waals surface area contributed by atoms with Crippen LogP contribution in [0.1, 0.15) is 15.9 Å². The number of carbonyl (C=O) groups is 1. The average molecular weight is 213 g/mol. The van der Waals surface area contributed by atoms with E-state index < -0.39 is 5.97 Å². The molecule has 0 spiro atoms. The van der Waals surface area contributed by atoms with Crippen LogP contribution in [-0.4, -0.2) is 16.1 Å². The molecule has 1 aromatic heterocycles. The molecule has 2 aromatic rings. The van der Waals surface area contributed by atoms with Gasteiger partial charge in [0.2, 0.25) is 0 Å². The molecule has 1 N–H and O–H groups in total. The minimum absolute atomic E-state index is 0.280. The first-order chi connectivity index (χ1) is 7.68. The van der Waals surface area contributed by atoms with Crippen molar-refractivity contribution in [2.75, 3.05) is 0 Å². The summed E-state index contributed by atoms with van der Waals surface area (Å²) in [4.78, 5) is 15.1. The van der Waals surface area contributed by atoms with Crippen LogP contribution < -0.4 is 0 Å². The number of carboxylic acid groups (broad SMARTS) is 1. The zero-order valence-electron chi connectivity index (χ0n) is 8.84. The molecule has 1 heterocycles. The smallest absolute Gasteiger partial charge is 0.335 e. The number of nitrogens with zero attached hydrogens (tertiary/aromatic N) is 1. The standard InChI is InChI=1S/C13H11NO2/c1-9-4-3-7-14-12(9)10-5-2-6-11(8-10)13(15)16/h2-8H,1H3,(H,15,16). The summed E-state index contributed by atoms with van der Waals surface area (Å²) < 4.78 is 0. The van der Waals surface area contributed by atoms with Crippen molar-refractivity contribution in [2.45, 2.75) is 6.92 Å². The van der Waals surface area contributed by atoms with Gasteiger partial charge in [-0.05, 0) is 30.7 Å². The molecule has 0 aliphatic heterocycles. The van der Waals surface area contributed by atoms with Gasteiger partial charge in [-0.25, -0.2) is 4.79 Å². The van der Waals surface area contributed by atoms with Crippen molar-refractivity contribution in [1.82, 2.24) is 4.98 Å². The summed E-state index contributed by atoms with van der Waals surface area (Å²) in [5.74, 6) is -0.921. The maximum absolute atomic E-state index is 10.8. The number of rotatable bonds is 2. The van der Waals surface area contributed by atoms with E-state index in [-0.39, 0.29) is 5.56 Å². The first-order valence-electron chi connectivity index (χ1n) is 4.94. The molecule has 1 aromatic carbocycles. The summed E-state index contributed by atoms with van der Waals surface area (Å²) in [5.41, 5.74) is 2.97. The third-order valence-electron chi connectivity index (χ3n) is 2.39. The first kappa shape index (κ1) is 10.4. The lowest BCUT2D eigenvalue weighted by Crippen LogP contribution is -1.96. The molecular weight excluding hydrogens is 202 g/mol. The number of aromatic carboxylic acids is 1. The van der Waals surface area contributed by atoms with Gasteiger partial charge in [0.25, 0.3) is 0 Å². The van der Waals surface area contributed by atoms with Crippen LogP contribution in [0.3, 0.4) is 0 Å². The van der Waals surface area contributed by atoms with Crippen molar-refractivity contribution in [1.29, 1.82) is 0 Å². The third-order valence-corrected chi connectivity index (χ3v) is 2.39. The fraction of sp³-hybridized carbons (Fsp3) is 0.0769. The molecule has 80 valence electrons. The lowest BCUT2D eigenvalue weighted by Gasteiger charge is -2.04. The molecule has 3 heteroatoms. The Balaban J connectivity index is 2.53. The van der Waals surface area contributed by atoms with Crippen LogP contribution in [0.2, 0.25) is 0 Å². The fourth-order valence-electron chi connectivity index (χ4n) is 1.59. The number of benzene rings is 1. The Bertz CT molecular complexity index is 535. The second-order valence-electron chi connectivity index (χ2n) is 3.55. The van der Waals surface area contributed by atoms with Gasteiger partial charge in [0, 0.05) is 11.8 Å². The van der Waals surface area contributed by atoms with Crippen molar-refractivity contribution in [3.8, 4) is 11.3 Å². The van der Waals surface area contributed by atoms with Gasteiger partial charge < -0.3 is 5.11 Å². The summed E-state index contributed by atoms with van der Waals surface area (Å²) in [6, 6.07) is 10.6. The Kier molecular flexibility index (Phi) is 2.68. The Morgan fingerprint density at radius 1 is 1.25 bits per heavy atom. The highest BCUT2D eigenvalue weighted by Crippen LogP contribution is 2.21. The SMILES string of the molecule is Cc1cccnc1-c1cccc(C(=O)O)c1. The van der Waals surface area contributed by atoms with E-state index in [0.29, 0.717) is 0 Å². The van der Waals surface area contributed by atoms with Crippen LogP contribution in [0, 0.1) is 6.92 Å². The Labute approximate surface area is 93.4 Å². The van der Waals surface area contributed by atoms with Crippen molar-refractivity contribution >= 4 is 5.97 Å². The Morgan fingerprint density at radius 3 is 2.75 bits per heavy atom. The molecule has 0 radical (unpaired) electrons. The predicted octanol–water partition coefficient (Wildman–Crippen LogP) is 2.76. The minimum atomic E-state index is -0.921. The molecule has 3 nitrogen and oxygen atoms in total. The van der Waals surface area contributed by atoms with Gasteiger partial charge in [0.05, 0.1) is 11.3 Å². The van der Waals surface area contributed by atoms with Gasteiger partial charge >= 0.3 is 5.97 Å². The Hall–Kier alpha value is -2.16. The lowest BCUT2D eigenvalue weighted by molar-refractivity contribution is 0.0697. The van der Waals surface area contributed by atoms with E-state index in [1.165, 1.54) is 0 Å². The average Bonchev–Trinajstić information content (AvgIpc) is 2.30. The third kappa shape index (κ3) is 1.93. The van der Waals surface area contributed by atoms with E-state index in [9.17, 15) is 4.79 Å². The molecule has 0 saturated heterocycles. The summed E-state index contributed by atoms with van der Waals surface area (Å²) in [6.07, 6.45) is 1.70. The maximum Gasteiger partial charge on any atom is 0.335 e. The van der Waals surface area contributed by atoms with E-state index in [2.05, 4.69) is 4.98 Å². The molecule has 0 amide bonds. The second-order valence-corrected chi connectivity index (χ2v) is 3.55. The van der Waals surface area contributed by atoms with E-state index >= 15 is 0 Å². The molecule has 0 saturated carbocycles. The second kappa shape index (κ2) is 4.14. The van der Waals surface area contributed by atoms with Crippen LogP contribution in [-0.2, 0) is 0 Å². The summed E-state index contributed by atoms with van der Waals surface area (Å²) in [7, 11) is 0. The van der Waals surface area contributed by atoms with Gasteiger partial charge in [-0.2, -0.15) is 0 Å². The first-order valence-corrected chi connectivity index (χ1v) is 4.94.